The lowest BCUT2D eigenvalue weighted by atomic mass is 9.96. The Morgan fingerprint density at radius 1 is 1.47 bits per heavy atom. The van der Waals surface area contributed by atoms with Gasteiger partial charge in [0.2, 0.25) is 0 Å². The predicted octanol–water partition coefficient (Wildman–Crippen LogP) is 1.78. The Morgan fingerprint density at radius 3 is 2.93 bits per heavy atom. The van der Waals surface area contributed by atoms with Gasteiger partial charge in [-0.3, -0.25) is 0 Å². The normalized spacial score (nSPS) is 23.4. The molecule has 1 N–H and O–H groups in total. The van der Waals surface area contributed by atoms with Crippen LogP contribution >= 0.6 is 0 Å². The minimum atomic E-state index is 0.212. The van der Waals surface area contributed by atoms with Crippen molar-refractivity contribution in [2.75, 3.05) is 20.7 Å². The Hall–Kier alpha value is -1.22. The fourth-order valence-corrected chi connectivity index (χ4v) is 2.13. The molecule has 2 unspecified atom stereocenters. The first-order chi connectivity index (χ1) is 7.27. The Bertz CT molecular complexity index is 351. The number of nitrogens with one attached hydrogen (secondary N) is 1. The van der Waals surface area contributed by atoms with E-state index in [1.165, 1.54) is 5.56 Å². The fourth-order valence-electron chi connectivity index (χ4n) is 2.13. The summed E-state index contributed by atoms with van der Waals surface area (Å²) in [4.78, 5) is 0. The molecule has 1 heterocycles. The number of fused-ring (bicyclic) bond motifs is 1. The van der Waals surface area contributed by atoms with E-state index in [2.05, 4.69) is 18.3 Å². The zero-order valence-corrected chi connectivity index (χ0v) is 9.41. The third-order valence-corrected chi connectivity index (χ3v) is 2.92. The molecule has 0 fully saturated rings. The maximum absolute atomic E-state index is 5.83. The number of rotatable bonds is 3. The second-order valence-corrected chi connectivity index (χ2v) is 3.87. The largest absolute Gasteiger partial charge is 0.493 e. The van der Waals surface area contributed by atoms with E-state index in [-0.39, 0.29) is 6.10 Å². The summed E-state index contributed by atoms with van der Waals surface area (Å²) in [7, 11) is 3.64. The van der Waals surface area contributed by atoms with E-state index in [4.69, 9.17) is 9.47 Å². The van der Waals surface area contributed by atoms with Crippen molar-refractivity contribution in [3.63, 3.8) is 0 Å². The standard InChI is InChI=1S/C12H17NO2/c1-8-10(7-13-2)9-5-4-6-11(14-3)12(9)15-8/h4-6,8,10,13H,7H2,1-3H3. The Balaban J connectivity index is 2.37. The van der Waals surface area contributed by atoms with Crippen LogP contribution < -0.4 is 14.8 Å². The molecule has 0 saturated heterocycles. The van der Waals surface area contributed by atoms with Gasteiger partial charge in [-0.25, -0.2) is 0 Å². The van der Waals surface area contributed by atoms with Crippen molar-refractivity contribution in [2.45, 2.75) is 18.9 Å². The number of likely N-dealkylation sites (N-methyl/N-ethyl adjacent to an activating group) is 1. The lowest BCUT2D eigenvalue weighted by molar-refractivity contribution is 0.217. The van der Waals surface area contributed by atoms with Gasteiger partial charge in [-0.2, -0.15) is 0 Å². The van der Waals surface area contributed by atoms with Gasteiger partial charge in [0, 0.05) is 18.0 Å². The molecule has 1 aromatic rings. The molecule has 0 bridgehead atoms. The molecule has 2 rings (SSSR count). The van der Waals surface area contributed by atoms with Crippen LogP contribution in [0.4, 0.5) is 0 Å². The number of methoxy groups -OCH3 is 1. The van der Waals surface area contributed by atoms with E-state index >= 15 is 0 Å². The van der Waals surface area contributed by atoms with Crippen LogP contribution in [-0.2, 0) is 0 Å². The Labute approximate surface area is 90.4 Å². The van der Waals surface area contributed by atoms with Gasteiger partial charge >= 0.3 is 0 Å². The Morgan fingerprint density at radius 2 is 2.27 bits per heavy atom. The van der Waals surface area contributed by atoms with Crippen molar-refractivity contribution in [1.82, 2.24) is 5.32 Å². The van der Waals surface area contributed by atoms with Gasteiger partial charge < -0.3 is 14.8 Å². The molecule has 82 valence electrons. The summed E-state index contributed by atoms with van der Waals surface area (Å²) in [6, 6.07) is 6.07. The van der Waals surface area contributed by atoms with E-state index in [1.807, 2.05) is 19.2 Å². The summed E-state index contributed by atoms with van der Waals surface area (Å²) in [6.45, 7) is 3.03. The first-order valence-corrected chi connectivity index (χ1v) is 5.26. The molecule has 15 heavy (non-hydrogen) atoms. The second-order valence-electron chi connectivity index (χ2n) is 3.87. The zero-order chi connectivity index (χ0) is 10.8. The van der Waals surface area contributed by atoms with Crippen LogP contribution in [0.2, 0.25) is 0 Å². The van der Waals surface area contributed by atoms with E-state index in [0.717, 1.165) is 18.0 Å². The molecule has 0 radical (unpaired) electrons. The topological polar surface area (TPSA) is 30.5 Å². The van der Waals surface area contributed by atoms with Crippen LogP contribution in [0.1, 0.15) is 18.4 Å². The highest BCUT2D eigenvalue weighted by Crippen LogP contribution is 2.43. The van der Waals surface area contributed by atoms with Gasteiger partial charge in [0.15, 0.2) is 11.5 Å². The molecular weight excluding hydrogens is 190 g/mol. The number of hydrogen-bond acceptors (Lipinski definition) is 3. The maximum atomic E-state index is 5.83. The minimum absolute atomic E-state index is 0.212. The lowest BCUT2D eigenvalue weighted by Crippen LogP contribution is -2.24. The molecule has 0 saturated carbocycles. The number of benzene rings is 1. The summed E-state index contributed by atoms with van der Waals surface area (Å²) in [5.41, 5.74) is 1.25. The van der Waals surface area contributed by atoms with E-state index in [0.29, 0.717) is 5.92 Å². The Kier molecular flexibility index (Phi) is 2.82. The van der Waals surface area contributed by atoms with Crippen molar-refractivity contribution >= 4 is 0 Å². The molecule has 0 spiro atoms. The highest BCUT2D eigenvalue weighted by Gasteiger charge is 2.32. The number of para-hydroxylation sites is 1. The van der Waals surface area contributed by atoms with Crippen molar-refractivity contribution < 1.29 is 9.47 Å². The van der Waals surface area contributed by atoms with Crippen molar-refractivity contribution in [1.29, 1.82) is 0 Å². The van der Waals surface area contributed by atoms with Crippen LogP contribution in [0.25, 0.3) is 0 Å². The fraction of sp³-hybridized carbons (Fsp3) is 0.500. The minimum Gasteiger partial charge on any atom is -0.493 e. The van der Waals surface area contributed by atoms with Gasteiger partial charge in [0.25, 0.3) is 0 Å². The maximum Gasteiger partial charge on any atom is 0.165 e. The quantitative estimate of drug-likeness (QED) is 0.819. The van der Waals surface area contributed by atoms with Gasteiger partial charge in [-0.1, -0.05) is 12.1 Å². The highest BCUT2D eigenvalue weighted by atomic mass is 16.5. The molecule has 3 heteroatoms. The molecular formula is C12H17NO2. The number of hydrogen-bond donors (Lipinski definition) is 1. The average molecular weight is 207 g/mol. The smallest absolute Gasteiger partial charge is 0.165 e. The third-order valence-electron chi connectivity index (χ3n) is 2.92. The molecule has 1 aliphatic rings. The van der Waals surface area contributed by atoms with Gasteiger partial charge in [-0.05, 0) is 20.0 Å². The second kappa shape index (κ2) is 4.11. The molecule has 0 aliphatic carbocycles. The first-order valence-electron chi connectivity index (χ1n) is 5.26. The van der Waals surface area contributed by atoms with Crippen molar-refractivity contribution in [3.8, 4) is 11.5 Å². The van der Waals surface area contributed by atoms with Crippen LogP contribution in [0.3, 0.4) is 0 Å². The van der Waals surface area contributed by atoms with Crippen molar-refractivity contribution in [3.05, 3.63) is 23.8 Å². The average Bonchev–Trinajstić information content (AvgIpc) is 2.56. The van der Waals surface area contributed by atoms with Gasteiger partial charge in [0.05, 0.1) is 7.11 Å². The van der Waals surface area contributed by atoms with Crippen molar-refractivity contribution in [2.24, 2.45) is 0 Å². The summed E-state index contributed by atoms with van der Waals surface area (Å²) < 4.78 is 11.1. The van der Waals surface area contributed by atoms with Crippen LogP contribution in [0.5, 0.6) is 11.5 Å². The highest BCUT2D eigenvalue weighted by molar-refractivity contribution is 5.51. The molecule has 1 aliphatic heterocycles. The van der Waals surface area contributed by atoms with Crippen LogP contribution in [0.15, 0.2) is 18.2 Å². The van der Waals surface area contributed by atoms with Gasteiger partial charge in [0.1, 0.15) is 6.10 Å². The molecule has 1 aromatic carbocycles. The van der Waals surface area contributed by atoms with Crippen LogP contribution in [-0.4, -0.2) is 26.8 Å². The summed E-state index contributed by atoms with van der Waals surface area (Å²) in [5.74, 6) is 2.16. The van der Waals surface area contributed by atoms with E-state index in [1.54, 1.807) is 7.11 Å². The molecule has 3 nitrogen and oxygen atoms in total. The monoisotopic (exact) mass is 207 g/mol. The third kappa shape index (κ3) is 1.67. The number of ether oxygens (including phenoxy) is 2. The zero-order valence-electron chi connectivity index (χ0n) is 9.41. The van der Waals surface area contributed by atoms with E-state index in [9.17, 15) is 0 Å². The molecule has 0 aromatic heterocycles. The SMILES string of the molecule is CNCC1c2cccc(OC)c2OC1C. The summed E-state index contributed by atoms with van der Waals surface area (Å²) in [6.07, 6.45) is 0.212. The summed E-state index contributed by atoms with van der Waals surface area (Å²) in [5, 5.41) is 3.20. The molecule has 0 amide bonds. The van der Waals surface area contributed by atoms with Gasteiger partial charge in [-0.15, -0.1) is 0 Å². The van der Waals surface area contributed by atoms with Crippen LogP contribution in [0, 0.1) is 0 Å². The summed E-state index contributed by atoms with van der Waals surface area (Å²) >= 11 is 0. The predicted molar refractivity (Wildman–Crippen MR) is 59.8 cm³/mol. The lowest BCUT2D eigenvalue weighted by Gasteiger charge is -2.13. The molecule has 2 atom stereocenters. The van der Waals surface area contributed by atoms with E-state index < -0.39 is 0 Å². The first kappa shape index (κ1) is 10.3.